The summed E-state index contributed by atoms with van der Waals surface area (Å²) in [6.07, 6.45) is 1.07. The summed E-state index contributed by atoms with van der Waals surface area (Å²) >= 11 is 5.82. The van der Waals surface area contributed by atoms with Crippen molar-refractivity contribution in [3.05, 3.63) is 16.8 Å². The number of anilines is 1. The van der Waals surface area contributed by atoms with E-state index in [-0.39, 0.29) is 0 Å². The minimum Gasteiger partial charge on any atom is -0.370 e. The molecule has 0 bridgehead atoms. The molecule has 0 amide bonds. The molecule has 0 radical (unpaired) electrons. The first-order valence-corrected chi connectivity index (χ1v) is 10.1. The van der Waals surface area contributed by atoms with E-state index in [1.807, 2.05) is 34.9 Å². The average Bonchev–Trinajstić information content (AvgIpc) is 2.92. The van der Waals surface area contributed by atoms with Crippen molar-refractivity contribution in [2.24, 2.45) is 0 Å². The standard InChI is InChI=1S/C14H19N3S3/c1-3-9-7-10-12(15-4-2)16-13(17-14(10)20-9)11-8-18-5-6-19-11/h7,11H,3-6,8H2,1-2H3,(H,15,16,17). The minimum absolute atomic E-state index is 0.447. The van der Waals surface area contributed by atoms with Crippen LogP contribution in [-0.2, 0) is 6.42 Å². The third-order valence-corrected chi connectivity index (χ3v) is 7.18. The van der Waals surface area contributed by atoms with Crippen molar-refractivity contribution in [1.82, 2.24) is 9.97 Å². The van der Waals surface area contributed by atoms with Gasteiger partial charge in [0.15, 0.2) is 0 Å². The summed E-state index contributed by atoms with van der Waals surface area (Å²) in [5.41, 5.74) is 0. The molecule has 1 unspecified atom stereocenters. The molecule has 1 atom stereocenters. The lowest BCUT2D eigenvalue weighted by molar-refractivity contribution is 0.943. The van der Waals surface area contributed by atoms with Crippen molar-refractivity contribution >= 4 is 50.9 Å². The summed E-state index contributed by atoms with van der Waals surface area (Å²) in [5, 5.41) is 5.04. The van der Waals surface area contributed by atoms with Crippen LogP contribution >= 0.6 is 34.9 Å². The molecule has 3 rings (SSSR count). The highest BCUT2D eigenvalue weighted by Crippen LogP contribution is 2.38. The lowest BCUT2D eigenvalue weighted by Crippen LogP contribution is -2.11. The predicted molar refractivity (Wildman–Crippen MR) is 93.5 cm³/mol. The molecule has 1 fully saturated rings. The molecule has 1 saturated heterocycles. The molecule has 6 heteroatoms. The third-order valence-electron chi connectivity index (χ3n) is 3.26. The second-order valence-electron chi connectivity index (χ2n) is 4.68. The molecule has 3 heterocycles. The lowest BCUT2D eigenvalue weighted by Gasteiger charge is -2.20. The Morgan fingerprint density at radius 1 is 1.30 bits per heavy atom. The maximum absolute atomic E-state index is 4.84. The van der Waals surface area contributed by atoms with E-state index in [2.05, 4.69) is 25.2 Å². The summed E-state index contributed by atoms with van der Waals surface area (Å²) in [7, 11) is 0. The van der Waals surface area contributed by atoms with E-state index >= 15 is 0 Å². The minimum atomic E-state index is 0.447. The van der Waals surface area contributed by atoms with Gasteiger partial charge in [-0.15, -0.1) is 23.1 Å². The first-order valence-electron chi connectivity index (χ1n) is 7.05. The Hall–Kier alpha value is -0.460. The van der Waals surface area contributed by atoms with E-state index in [0.29, 0.717) is 5.25 Å². The van der Waals surface area contributed by atoms with Gasteiger partial charge in [0.1, 0.15) is 16.5 Å². The van der Waals surface area contributed by atoms with Gasteiger partial charge in [0.25, 0.3) is 0 Å². The molecule has 2 aromatic heterocycles. The fraction of sp³-hybridized carbons (Fsp3) is 0.571. The van der Waals surface area contributed by atoms with Crippen LogP contribution in [0, 0.1) is 0 Å². The van der Waals surface area contributed by atoms with Crippen molar-refractivity contribution in [1.29, 1.82) is 0 Å². The van der Waals surface area contributed by atoms with Crippen LogP contribution in [0.25, 0.3) is 10.2 Å². The fourth-order valence-electron chi connectivity index (χ4n) is 2.25. The summed E-state index contributed by atoms with van der Waals surface area (Å²) < 4.78 is 0. The summed E-state index contributed by atoms with van der Waals surface area (Å²) in [6, 6.07) is 2.24. The van der Waals surface area contributed by atoms with Gasteiger partial charge in [-0.25, -0.2) is 9.97 Å². The van der Waals surface area contributed by atoms with Gasteiger partial charge in [-0.2, -0.15) is 11.8 Å². The maximum Gasteiger partial charge on any atom is 0.146 e. The second-order valence-corrected chi connectivity index (χ2v) is 8.26. The molecule has 3 nitrogen and oxygen atoms in total. The maximum atomic E-state index is 4.84. The van der Waals surface area contributed by atoms with Crippen molar-refractivity contribution in [3.8, 4) is 0 Å². The van der Waals surface area contributed by atoms with Crippen molar-refractivity contribution in [2.45, 2.75) is 25.5 Å². The first kappa shape index (κ1) is 14.5. The molecule has 2 aromatic rings. The number of thioether (sulfide) groups is 2. The average molecular weight is 326 g/mol. The van der Waals surface area contributed by atoms with E-state index in [4.69, 9.17) is 9.97 Å². The highest BCUT2D eigenvalue weighted by Gasteiger charge is 2.21. The zero-order chi connectivity index (χ0) is 13.9. The van der Waals surface area contributed by atoms with E-state index in [1.165, 1.54) is 21.8 Å². The number of hydrogen-bond donors (Lipinski definition) is 1. The Balaban J connectivity index is 2.03. The quantitative estimate of drug-likeness (QED) is 0.911. The van der Waals surface area contributed by atoms with Gasteiger partial charge < -0.3 is 5.32 Å². The van der Waals surface area contributed by atoms with Crippen LogP contribution in [0.2, 0.25) is 0 Å². The van der Waals surface area contributed by atoms with E-state index in [1.54, 1.807) is 0 Å². The van der Waals surface area contributed by atoms with E-state index in [0.717, 1.165) is 35.2 Å². The van der Waals surface area contributed by atoms with E-state index in [9.17, 15) is 0 Å². The number of fused-ring (bicyclic) bond motifs is 1. The fourth-order valence-corrected chi connectivity index (χ4v) is 5.82. The van der Waals surface area contributed by atoms with Gasteiger partial charge in [0.2, 0.25) is 0 Å². The number of thiophene rings is 1. The molecule has 1 aliphatic rings. The SMILES string of the molecule is CCNc1nc(C2CSCCS2)nc2sc(CC)cc12. The number of aromatic nitrogens is 2. The van der Waals surface area contributed by atoms with Gasteiger partial charge >= 0.3 is 0 Å². The van der Waals surface area contributed by atoms with Gasteiger partial charge in [-0.05, 0) is 19.4 Å². The predicted octanol–water partition coefficient (Wildman–Crippen LogP) is 4.21. The van der Waals surface area contributed by atoms with Crippen LogP contribution in [0.3, 0.4) is 0 Å². The van der Waals surface area contributed by atoms with Gasteiger partial charge in [-0.1, -0.05) is 6.92 Å². The van der Waals surface area contributed by atoms with Gasteiger partial charge in [0.05, 0.1) is 10.6 Å². The molecule has 108 valence electrons. The lowest BCUT2D eigenvalue weighted by atomic mass is 10.3. The number of aryl methyl sites for hydroxylation is 1. The van der Waals surface area contributed by atoms with Crippen molar-refractivity contribution in [2.75, 3.05) is 29.1 Å². The Kier molecular flexibility index (Phi) is 4.73. The molecular formula is C14H19N3S3. The van der Waals surface area contributed by atoms with Crippen LogP contribution in [0.4, 0.5) is 5.82 Å². The number of nitrogens with one attached hydrogen (secondary N) is 1. The van der Waals surface area contributed by atoms with Crippen molar-refractivity contribution < 1.29 is 0 Å². The summed E-state index contributed by atoms with van der Waals surface area (Å²) in [4.78, 5) is 12.2. The Bertz CT molecular complexity index is 591. The largest absolute Gasteiger partial charge is 0.370 e. The number of rotatable bonds is 4. The summed E-state index contributed by atoms with van der Waals surface area (Å²) in [6.45, 7) is 5.21. The van der Waals surface area contributed by atoms with E-state index < -0.39 is 0 Å². The normalized spacial score (nSPS) is 19.4. The summed E-state index contributed by atoms with van der Waals surface area (Å²) in [5.74, 6) is 5.61. The molecule has 1 aliphatic heterocycles. The highest BCUT2D eigenvalue weighted by molar-refractivity contribution is 8.06. The van der Waals surface area contributed by atoms with Gasteiger partial charge in [-0.3, -0.25) is 0 Å². The smallest absolute Gasteiger partial charge is 0.146 e. The third kappa shape index (κ3) is 2.92. The Labute approximate surface area is 132 Å². The van der Waals surface area contributed by atoms with Crippen LogP contribution in [-0.4, -0.2) is 33.8 Å². The Morgan fingerprint density at radius 2 is 2.20 bits per heavy atom. The molecule has 20 heavy (non-hydrogen) atoms. The highest BCUT2D eigenvalue weighted by atomic mass is 32.2. The molecule has 0 aliphatic carbocycles. The number of nitrogens with zero attached hydrogens (tertiary/aromatic N) is 2. The molecule has 1 N–H and O–H groups in total. The molecule has 0 spiro atoms. The van der Waals surface area contributed by atoms with Crippen LogP contribution in [0.5, 0.6) is 0 Å². The van der Waals surface area contributed by atoms with Gasteiger partial charge in [0, 0.05) is 28.7 Å². The second kappa shape index (κ2) is 6.54. The van der Waals surface area contributed by atoms with Crippen LogP contribution < -0.4 is 5.32 Å². The van der Waals surface area contributed by atoms with Crippen LogP contribution in [0.15, 0.2) is 6.07 Å². The topological polar surface area (TPSA) is 37.8 Å². The monoisotopic (exact) mass is 325 g/mol. The zero-order valence-electron chi connectivity index (χ0n) is 11.8. The van der Waals surface area contributed by atoms with Crippen LogP contribution in [0.1, 0.15) is 29.8 Å². The van der Waals surface area contributed by atoms with Crippen molar-refractivity contribution in [3.63, 3.8) is 0 Å². The number of hydrogen-bond acceptors (Lipinski definition) is 6. The molecule has 0 aromatic carbocycles. The zero-order valence-corrected chi connectivity index (χ0v) is 14.3. The first-order chi connectivity index (χ1) is 9.81. The Morgan fingerprint density at radius 3 is 2.90 bits per heavy atom. The molecular weight excluding hydrogens is 306 g/mol. The molecule has 0 saturated carbocycles.